The highest BCUT2D eigenvalue weighted by atomic mass is 16.5. The SMILES string of the molecule is O=C(c1cnc(C2CC2)nc1)N1CC[C@H](Oc2cccnc2)[C@@H](O)CC1. The van der Waals surface area contributed by atoms with Gasteiger partial charge in [0.25, 0.3) is 5.91 Å². The summed E-state index contributed by atoms with van der Waals surface area (Å²) in [6, 6.07) is 3.60. The van der Waals surface area contributed by atoms with Gasteiger partial charge in [-0.15, -0.1) is 0 Å². The van der Waals surface area contributed by atoms with Crippen molar-refractivity contribution in [3.05, 3.63) is 48.3 Å². The van der Waals surface area contributed by atoms with Crippen molar-refractivity contribution in [1.82, 2.24) is 19.9 Å². The number of hydrogen-bond acceptors (Lipinski definition) is 6. The molecule has 7 heteroatoms. The number of aliphatic hydroxyl groups excluding tert-OH is 1. The fraction of sp³-hybridized carbons (Fsp3) is 0.474. The lowest BCUT2D eigenvalue weighted by Crippen LogP contribution is -2.32. The molecule has 2 fully saturated rings. The van der Waals surface area contributed by atoms with Gasteiger partial charge in [0, 0.05) is 44.0 Å². The Morgan fingerprint density at radius 1 is 1.12 bits per heavy atom. The van der Waals surface area contributed by atoms with Crippen LogP contribution < -0.4 is 4.74 Å². The van der Waals surface area contributed by atoms with Crippen LogP contribution in [-0.4, -0.2) is 56.2 Å². The van der Waals surface area contributed by atoms with Crippen molar-refractivity contribution in [1.29, 1.82) is 0 Å². The fourth-order valence-electron chi connectivity index (χ4n) is 3.18. The molecule has 2 aromatic heterocycles. The lowest BCUT2D eigenvalue weighted by molar-refractivity contribution is 0.0348. The highest BCUT2D eigenvalue weighted by Gasteiger charge is 2.30. The second-order valence-electron chi connectivity index (χ2n) is 6.89. The first-order valence-electron chi connectivity index (χ1n) is 9.06. The van der Waals surface area contributed by atoms with E-state index in [0.29, 0.717) is 43.2 Å². The van der Waals surface area contributed by atoms with Gasteiger partial charge in [-0.05, 0) is 31.4 Å². The lowest BCUT2D eigenvalue weighted by Gasteiger charge is -2.21. The van der Waals surface area contributed by atoms with Crippen LogP contribution in [0.3, 0.4) is 0 Å². The standard InChI is InChI=1S/C19H22N4O3/c24-16-5-8-23(9-6-17(16)26-15-2-1-7-20-12-15)19(25)14-10-21-18(22-11-14)13-3-4-13/h1-2,7,10-13,16-17,24H,3-6,8-9H2/t16-,17-/m0/s1. The number of carbonyl (C=O) groups is 1. The van der Waals surface area contributed by atoms with E-state index in [4.69, 9.17) is 4.74 Å². The molecule has 2 atom stereocenters. The van der Waals surface area contributed by atoms with E-state index < -0.39 is 6.10 Å². The number of aromatic nitrogens is 3. The zero-order valence-corrected chi connectivity index (χ0v) is 14.5. The molecule has 0 radical (unpaired) electrons. The Labute approximate surface area is 152 Å². The summed E-state index contributed by atoms with van der Waals surface area (Å²) in [6.45, 7) is 1.00. The Hall–Kier alpha value is -2.54. The van der Waals surface area contributed by atoms with Crippen LogP contribution in [0.1, 0.15) is 47.8 Å². The van der Waals surface area contributed by atoms with Gasteiger partial charge in [-0.2, -0.15) is 0 Å². The minimum Gasteiger partial charge on any atom is -0.486 e. The molecule has 1 aliphatic heterocycles. The third-order valence-electron chi connectivity index (χ3n) is 4.88. The quantitative estimate of drug-likeness (QED) is 0.901. The largest absolute Gasteiger partial charge is 0.486 e. The first-order chi connectivity index (χ1) is 12.7. The van der Waals surface area contributed by atoms with Crippen molar-refractivity contribution in [2.75, 3.05) is 13.1 Å². The third kappa shape index (κ3) is 3.83. The predicted octanol–water partition coefficient (Wildman–Crippen LogP) is 1.79. The maximum Gasteiger partial charge on any atom is 0.256 e. The molecule has 136 valence electrons. The molecule has 2 aliphatic rings. The molecule has 1 amide bonds. The van der Waals surface area contributed by atoms with Crippen LogP contribution in [-0.2, 0) is 0 Å². The van der Waals surface area contributed by atoms with E-state index in [0.717, 1.165) is 18.7 Å². The maximum absolute atomic E-state index is 12.7. The minimum atomic E-state index is -0.624. The average molecular weight is 354 g/mol. The number of amides is 1. The summed E-state index contributed by atoms with van der Waals surface area (Å²) in [7, 11) is 0. The molecule has 4 rings (SSSR count). The summed E-state index contributed by atoms with van der Waals surface area (Å²) in [4.78, 5) is 27.1. The van der Waals surface area contributed by atoms with Crippen molar-refractivity contribution in [2.45, 2.75) is 43.8 Å². The van der Waals surface area contributed by atoms with Crippen molar-refractivity contribution < 1.29 is 14.6 Å². The minimum absolute atomic E-state index is 0.0958. The van der Waals surface area contributed by atoms with Crippen LogP contribution in [0.25, 0.3) is 0 Å². The highest BCUT2D eigenvalue weighted by Crippen LogP contribution is 2.37. The summed E-state index contributed by atoms with van der Waals surface area (Å²) < 4.78 is 5.86. The molecule has 2 aromatic rings. The highest BCUT2D eigenvalue weighted by molar-refractivity contribution is 5.93. The molecule has 1 saturated carbocycles. The topological polar surface area (TPSA) is 88.4 Å². The number of ether oxygens (including phenoxy) is 1. The second kappa shape index (κ2) is 7.37. The van der Waals surface area contributed by atoms with Crippen LogP contribution in [0.4, 0.5) is 0 Å². The van der Waals surface area contributed by atoms with Crippen molar-refractivity contribution >= 4 is 5.91 Å². The molecule has 1 N–H and O–H groups in total. The lowest BCUT2D eigenvalue weighted by atomic mass is 10.1. The number of rotatable bonds is 4. The molecule has 7 nitrogen and oxygen atoms in total. The van der Waals surface area contributed by atoms with E-state index in [-0.39, 0.29) is 12.0 Å². The normalized spacial score (nSPS) is 23.3. The Morgan fingerprint density at radius 2 is 1.88 bits per heavy atom. The van der Waals surface area contributed by atoms with E-state index in [1.54, 1.807) is 35.8 Å². The van der Waals surface area contributed by atoms with E-state index >= 15 is 0 Å². The van der Waals surface area contributed by atoms with E-state index in [2.05, 4.69) is 15.0 Å². The van der Waals surface area contributed by atoms with Gasteiger partial charge in [-0.3, -0.25) is 9.78 Å². The van der Waals surface area contributed by atoms with Crippen LogP contribution in [0.5, 0.6) is 5.75 Å². The fourth-order valence-corrected chi connectivity index (χ4v) is 3.18. The van der Waals surface area contributed by atoms with Gasteiger partial charge < -0.3 is 14.7 Å². The Bertz CT molecular complexity index is 749. The predicted molar refractivity (Wildman–Crippen MR) is 93.8 cm³/mol. The number of pyridine rings is 1. The van der Waals surface area contributed by atoms with Crippen LogP contribution >= 0.6 is 0 Å². The van der Waals surface area contributed by atoms with E-state index in [1.807, 2.05) is 6.07 Å². The van der Waals surface area contributed by atoms with Gasteiger partial charge in [0.1, 0.15) is 17.7 Å². The van der Waals surface area contributed by atoms with Crippen molar-refractivity contribution in [2.24, 2.45) is 0 Å². The first-order valence-corrected chi connectivity index (χ1v) is 9.06. The van der Waals surface area contributed by atoms with Crippen molar-refractivity contribution in [3.63, 3.8) is 0 Å². The smallest absolute Gasteiger partial charge is 0.256 e. The van der Waals surface area contributed by atoms with Gasteiger partial charge in [0.2, 0.25) is 0 Å². The van der Waals surface area contributed by atoms with Crippen LogP contribution in [0.15, 0.2) is 36.9 Å². The molecule has 26 heavy (non-hydrogen) atoms. The summed E-state index contributed by atoms with van der Waals surface area (Å²) >= 11 is 0. The summed E-state index contributed by atoms with van der Waals surface area (Å²) in [6.07, 6.45) is 8.85. The third-order valence-corrected chi connectivity index (χ3v) is 4.88. The van der Waals surface area contributed by atoms with Gasteiger partial charge in [0.15, 0.2) is 0 Å². The molecule has 0 unspecified atom stereocenters. The molecule has 0 bridgehead atoms. The van der Waals surface area contributed by atoms with Crippen LogP contribution in [0.2, 0.25) is 0 Å². The van der Waals surface area contributed by atoms with Gasteiger partial charge >= 0.3 is 0 Å². The molecular formula is C19H22N4O3. The average Bonchev–Trinajstić information content (AvgIpc) is 3.53. The molecule has 3 heterocycles. The monoisotopic (exact) mass is 354 g/mol. The summed E-state index contributed by atoms with van der Waals surface area (Å²) in [5.74, 6) is 1.83. The molecule has 1 saturated heterocycles. The van der Waals surface area contributed by atoms with Crippen molar-refractivity contribution in [3.8, 4) is 5.75 Å². The van der Waals surface area contributed by atoms with Gasteiger partial charge in [-0.1, -0.05) is 0 Å². The van der Waals surface area contributed by atoms with Gasteiger partial charge in [-0.25, -0.2) is 9.97 Å². The number of nitrogens with zero attached hydrogens (tertiary/aromatic N) is 4. The number of likely N-dealkylation sites (tertiary alicyclic amines) is 1. The zero-order valence-electron chi connectivity index (χ0n) is 14.5. The first kappa shape index (κ1) is 16.9. The molecule has 1 aliphatic carbocycles. The number of carbonyl (C=O) groups excluding carboxylic acids is 1. The molecule has 0 spiro atoms. The Morgan fingerprint density at radius 3 is 2.58 bits per heavy atom. The Kier molecular flexibility index (Phi) is 4.79. The number of hydrogen-bond donors (Lipinski definition) is 1. The van der Waals surface area contributed by atoms with E-state index in [1.165, 1.54) is 0 Å². The number of aliphatic hydroxyl groups is 1. The Balaban J connectivity index is 1.39. The zero-order chi connectivity index (χ0) is 17.9. The van der Waals surface area contributed by atoms with E-state index in [9.17, 15) is 9.90 Å². The van der Waals surface area contributed by atoms with Gasteiger partial charge in [0.05, 0.1) is 17.9 Å². The second-order valence-corrected chi connectivity index (χ2v) is 6.89. The molecular weight excluding hydrogens is 332 g/mol. The van der Waals surface area contributed by atoms with Crippen LogP contribution in [0, 0.1) is 0 Å². The maximum atomic E-state index is 12.7. The molecule has 0 aromatic carbocycles. The summed E-state index contributed by atoms with van der Waals surface area (Å²) in [5.41, 5.74) is 0.496. The summed E-state index contributed by atoms with van der Waals surface area (Å²) in [5, 5.41) is 10.4.